The number of rotatable bonds is 2. The summed E-state index contributed by atoms with van der Waals surface area (Å²) in [6.07, 6.45) is 3.31. The molecule has 1 N–H and O–H groups in total. The second-order valence-corrected chi connectivity index (χ2v) is 7.03. The van der Waals surface area contributed by atoms with Gasteiger partial charge in [-0.15, -0.1) is 11.3 Å². The molecule has 1 fully saturated rings. The van der Waals surface area contributed by atoms with E-state index in [2.05, 4.69) is 43.5 Å². The van der Waals surface area contributed by atoms with E-state index >= 15 is 0 Å². The fraction of sp³-hybridized carbons (Fsp3) is 0.500. The number of thiophene rings is 1. The van der Waals surface area contributed by atoms with Gasteiger partial charge in [-0.2, -0.15) is 0 Å². The monoisotopic (exact) mass is 260 g/mol. The fourth-order valence-corrected chi connectivity index (χ4v) is 4.35. The summed E-state index contributed by atoms with van der Waals surface area (Å²) in [6, 6.07) is 8.42. The van der Waals surface area contributed by atoms with Gasteiger partial charge in [0, 0.05) is 4.70 Å². The Hall–Kier alpha value is -0.860. The molecule has 0 saturated heterocycles. The predicted octanol–water partition coefficient (Wildman–Crippen LogP) is 4.76. The Bertz CT molecular complexity index is 555. The largest absolute Gasteiger partial charge is 0.388 e. The molecule has 1 aliphatic rings. The first-order valence-electron chi connectivity index (χ1n) is 6.74. The summed E-state index contributed by atoms with van der Waals surface area (Å²) < 4.78 is 1.26. The van der Waals surface area contributed by atoms with E-state index in [1.54, 1.807) is 11.3 Å². The SMILES string of the molecule is CC1(C)CCCC1C(O)c1cccc2ccsc12. The highest BCUT2D eigenvalue weighted by atomic mass is 32.1. The summed E-state index contributed by atoms with van der Waals surface area (Å²) in [5.41, 5.74) is 1.39. The van der Waals surface area contributed by atoms with Gasteiger partial charge in [0.1, 0.15) is 0 Å². The third kappa shape index (κ3) is 1.88. The van der Waals surface area contributed by atoms with Crippen LogP contribution in [0.5, 0.6) is 0 Å². The van der Waals surface area contributed by atoms with Crippen molar-refractivity contribution in [3.8, 4) is 0 Å². The molecule has 1 nitrogen and oxygen atoms in total. The van der Waals surface area contributed by atoms with Crippen molar-refractivity contribution in [1.82, 2.24) is 0 Å². The van der Waals surface area contributed by atoms with Gasteiger partial charge in [0.25, 0.3) is 0 Å². The lowest BCUT2D eigenvalue weighted by molar-refractivity contribution is 0.0543. The molecule has 0 bridgehead atoms. The molecule has 2 unspecified atom stereocenters. The Morgan fingerprint density at radius 3 is 2.89 bits per heavy atom. The molecule has 0 radical (unpaired) electrons. The molecule has 1 heterocycles. The van der Waals surface area contributed by atoms with Gasteiger partial charge in [-0.25, -0.2) is 0 Å². The van der Waals surface area contributed by atoms with Crippen LogP contribution >= 0.6 is 11.3 Å². The summed E-state index contributed by atoms with van der Waals surface area (Å²) in [4.78, 5) is 0. The average Bonchev–Trinajstić information content (AvgIpc) is 2.93. The lowest BCUT2D eigenvalue weighted by atomic mass is 9.77. The molecule has 0 amide bonds. The Kier molecular flexibility index (Phi) is 2.95. The van der Waals surface area contributed by atoms with Crippen LogP contribution in [0.15, 0.2) is 29.6 Å². The van der Waals surface area contributed by atoms with Crippen LogP contribution in [0.4, 0.5) is 0 Å². The highest BCUT2D eigenvalue weighted by Crippen LogP contribution is 2.49. The van der Waals surface area contributed by atoms with Crippen LogP contribution in [0.3, 0.4) is 0 Å². The van der Waals surface area contributed by atoms with Crippen LogP contribution < -0.4 is 0 Å². The first-order chi connectivity index (χ1) is 8.59. The van der Waals surface area contributed by atoms with Gasteiger partial charge in [-0.3, -0.25) is 0 Å². The van der Waals surface area contributed by atoms with Crippen molar-refractivity contribution in [2.24, 2.45) is 11.3 Å². The first kappa shape index (κ1) is 12.2. The van der Waals surface area contributed by atoms with Gasteiger partial charge in [0.2, 0.25) is 0 Å². The van der Waals surface area contributed by atoms with E-state index in [0.29, 0.717) is 5.92 Å². The molecule has 18 heavy (non-hydrogen) atoms. The van der Waals surface area contributed by atoms with Gasteiger partial charge in [0.05, 0.1) is 6.10 Å². The first-order valence-corrected chi connectivity index (χ1v) is 7.62. The Morgan fingerprint density at radius 2 is 2.17 bits per heavy atom. The van der Waals surface area contributed by atoms with Crippen LogP contribution in [0.2, 0.25) is 0 Å². The maximum absolute atomic E-state index is 10.8. The smallest absolute Gasteiger partial charge is 0.0837 e. The molecule has 2 atom stereocenters. The van der Waals surface area contributed by atoms with E-state index in [0.717, 1.165) is 12.0 Å². The summed E-state index contributed by atoms with van der Waals surface area (Å²) in [6.45, 7) is 4.59. The Morgan fingerprint density at radius 1 is 1.33 bits per heavy atom. The van der Waals surface area contributed by atoms with Crippen LogP contribution in [0.25, 0.3) is 10.1 Å². The molecule has 2 heteroatoms. The standard InChI is InChI=1S/C16H20OS/c1-16(2)9-4-7-13(16)14(17)12-6-3-5-11-8-10-18-15(11)12/h3,5-6,8,10,13-14,17H,4,7,9H2,1-2H3. The van der Waals surface area contributed by atoms with Gasteiger partial charge in [0.15, 0.2) is 0 Å². The van der Waals surface area contributed by atoms with Crippen molar-refractivity contribution < 1.29 is 5.11 Å². The zero-order valence-corrected chi connectivity index (χ0v) is 11.8. The van der Waals surface area contributed by atoms with Crippen molar-refractivity contribution in [2.75, 3.05) is 0 Å². The second-order valence-electron chi connectivity index (χ2n) is 6.12. The number of fused-ring (bicyclic) bond motifs is 1. The molecule has 3 rings (SSSR count). The minimum Gasteiger partial charge on any atom is -0.388 e. The molecular weight excluding hydrogens is 240 g/mol. The van der Waals surface area contributed by atoms with Crippen molar-refractivity contribution in [3.05, 3.63) is 35.2 Å². The highest BCUT2D eigenvalue weighted by molar-refractivity contribution is 7.17. The van der Waals surface area contributed by atoms with E-state index in [4.69, 9.17) is 0 Å². The van der Waals surface area contributed by atoms with Crippen LogP contribution in [0.1, 0.15) is 44.8 Å². The second kappa shape index (κ2) is 4.36. The fourth-order valence-electron chi connectivity index (χ4n) is 3.40. The molecule has 1 aromatic heterocycles. The van der Waals surface area contributed by atoms with Gasteiger partial charge >= 0.3 is 0 Å². The van der Waals surface area contributed by atoms with E-state index in [-0.39, 0.29) is 11.5 Å². The summed E-state index contributed by atoms with van der Waals surface area (Å²) in [7, 11) is 0. The third-order valence-electron chi connectivity index (χ3n) is 4.55. The average molecular weight is 260 g/mol. The van der Waals surface area contributed by atoms with Crippen molar-refractivity contribution in [3.63, 3.8) is 0 Å². The number of benzene rings is 1. The summed E-state index contributed by atoms with van der Waals surface area (Å²) >= 11 is 1.74. The van der Waals surface area contributed by atoms with Gasteiger partial charge in [-0.1, -0.05) is 38.5 Å². The van der Waals surface area contributed by atoms with E-state index in [1.165, 1.54) is 22.9 Å². The van der Waals surface area contributed by atoms with Crippen molar-refractivity contribution >= 4 is 21.4 Å². The zero-order valence-electron chi connectivity index (χ0n) is 11.0. The maximum atomic E-state index is 10.8. The third-order valence-corrected chi connectivity index (χ3v) is 5.53. The molecule has 1 aromatic carbocycles. The molecule has 1 aliphatic carbocycles. The van der Waals surface area contributed by atoms with E-state index in [9.17, 15) is 5.11 Å². The van der Waals surface area contributed by atoms with Crippen LogP contribution in [-0.2, 0) is 0 Å². The summed E-state index contributed by atoms with van der Waals surface area (Å²) in [5.74, 6) is 0.394. The summed E-state index contributed by atoms with van der Waals surface area (Å²) in [5, 5.41) is 14.1. The van der Waals surface area contributed by atoms with Gasteiger partial charge < -0.3 is 5.11 Å². The molecule has 1 saturated carbocycles. The lowest BCUT2D eigenvalue weighted by Crippen LogP contribution is -2.24. The minimum atomic E-state index is -0.315. The molecule has 0 aliphatic heterocycles. The lowest BCUT2D eigenvalue weighted by Gasteiger charge is -2.31. The van der Waals surface area contributed by atoms with E-state index in [1.807, 2.05) is 0 Å². The van der Waals surface area contributed by atoms with Crippen LogP contribution in [0, 0.1) is 11.3 Å². The predicted molar refractivity (Wildman–Crippen MR) is 77.9 cm³/mol. The van der Waals surface area contributed by atoms with Crippen molar-refractivity contribution in [2.45, 2.75) is 39.2 Å². The van der Waals surface area contributed by atoms with E-state index < -0.39 is 0 Å². The normalized spacial score (nSPS) is 24.5. The van der Waals surface area contributed by atoms with Crippen LogP contribution in [-0.4, -0.2) is 5.11 Å². The minimum absolute atomic E-state index is 0.263. The quantitative estimate of drug-likeness (QED) is 0.825. The molecular formula is C16H20OS. The van der Waals surface area contributed by atoms with Crippen molar-refractivity contribution in [1.29, 1.82) is 0 Å². The molecule has 0 spiro atoms. The topological polar surface area (TPSA) is 20.2 Å². The molecule has 2 aromatic rings. The number of hydrogen-bond donors (Lipinski definition) is 1. The Labute approximate surface area is 112 Å². The zero-order chi connectivity index (χ0) is 12.8. The highest BCUT2D eigenvalue weighted by Gasteiger charge is 2.39. The Balaban J connectivity index is 2.01. The molecule has 96 valence electrons. The number of hydrogen-bond acceptors (Lipinski definition) is 2. The number of aliphatic hydroxyl groups excluding tert-OH is 1. The number of aliphatic hydroxyl groups is 1. The van der Waals surface area contributed by atoms with Gasteiger partial charge in [-0.05, 0) is 46.6 Å². The maximum Gasteiger partial charge on any atom is 0.0837 e.